The SMILES string of the molecule is CCN(C)c1nc(N2CCCCC2)c2nc([NH2+]C)nc(N3CCCCC3)c2n1. The van der Waals surface area contributed by atoms with Crippen LogP contribution in [0, 0.1) is 0 Å². The average molecular weight is 386 g/mol. The van der Waals surface area contributed by atoms with Crippen LogP contribution in [0.25, 0.3) is 11.0 Å². The third kappa shape index (κ3) is 3.70. The van der Waals surface area contributed by atoms with Crippen molar-refractivity contribution in [3.05, 3.63) is 0 Å². The molecule has 0 saturated carbocycles. The number of nitrogens with zero attached hydrogens (tertiary/aromatic N) is 7. The molecule has 8 heteroatoms. The summed E-state index contributed by atoms with van der Waals surface area (Å²) < 4.78 is 0. The van der Waals surface area contributed by atoms with Crippen LogP contribution in [0.5, 0.6) is 0 Å². The molecule has 0 bridgehead atoms. The van der Waals surface area contributed by atoms with Crippen LogP contribution >= 0.6 is 0 Å². The van der Waals surface area contributed by atoms with Crippen LogP contribution in [0.1, 0.15) is 45.4 Å². The van der Waals surface area contributed by atoms with E-state index >= 15 is 0 Å². The van der Waals surface area contributed by atoms with Crippen LogP contribution in [-0.2, 0) is 0 Å². The van der Waals surface area contributed by atoms with Gasteiger partial charge in [-0.15, -0.1) is 0 Å². The molecule has 2 saturated heterocycles. The van der Waals surface area contributed by atoms with E-state index in [9.17, 15) is 0 Å². The molecule has 2 aliphatic rings. The van der Waals surface area contributed by atoms with Crippen LogP contribution < -0.4 is 20.0 Å². The van der Waals surface area contributed by atoms with Gasteiger partial charge in [0.2, 0.25) is 5.95 Å². The molecule has 0 aromatic carbocycles. The lowest BCUT2D eigenvalue weighted by Gasteiger charge is -2.31. The summed E-state index contributed by atoms with van der Waals surface area (Å²) in [6, 6.07) is 0. The van der Waals surface area contributed by atoms with Crippen molar-refractivity contribution in [1.29, 1.82) is 0 Å². The van der Waals surface area contributed by atoms with E-state index in [0.717, 1.165) is 67.3 Å². The molecule has 2 aliphatic heterocycles. The average Bonchev–Trinajstić information content (AvgIpc) is 2.78. The smallest absolute Gasteiger partial charge is 0.328 e. The lowest BCUT2D eigenvalue weighted by Crippen LogP contribution is -2.74. The predicted molar refractivity (Wildman–Crippen MR) is 114 cm³/mol. The fourth-order valence-corrected chi connectivity index (χ4v) is 4.08. The number of piperidine rings is 2. The van der Waals surface area contributed by atoms with Gasteiger partial charge in [-0.2, -0.15) is 15.0 Å². The Kier molecular flexibility index (Phi) is 5.75. The highest BCUT2D eigenvalue weighted by atomic mass is 15.3. The van der Waals surface area contributed by atoms with E-state index in [2.05, 4.69) is 28.7 Å². The number of aromatic nitrogens is 4. The second-order valence-electron chi connectivity index (χ2n) is 7.85. The molecule has 0 radical (unpaired) electrons. The summed E-state index contributed by atoms with van der Waals surface area (Å²) in [5.74, 6) is 3.49. The second-order valence-corrected chi connectivity index (χ2v) is 7.85. The molecule has 4 rings (SSSR count). The molecule has 28 heavy (non-hydrogen) atoms. The number of hydrogen-bond acceptors (Lipinski definition) is 7. The van der Waals surface area contributed by atoms with Crippen LogP contribution in [0.3, 0.4) is 0 Å². The van der Waals surface area contributed by atoms with Crippen molar-refractivity contribution in [2.24, 2.45) is 0 Å². The molecule has 2 N–H and O–H groups in total. The topological polar surface area (TPSA) is 77.9 Å². The molecule has 2 fully saturated rings. The van der Waals surface area contributed by atoms with Crippen molar-refractivity contribution < 1.29 is 5.32 Å². The van der Waals surface area contributed by atoms with Crippen LogP contribution in [0.2, 0.25) is 0 Å². The highest BCUT2D eigenvalue weighted by Crippen LogP contribution is 2.33. The molecular weight excluding hydrogens is 352 g/mol. The number of quaternary nitrogens is 1. The van der Waals surface area contributed by atoms with E-state index in [1.54, 1.807) is 0 Å². The normalized spacial score (nSPS) is 18.0. The Balaban J connectivity index is 1.92. The summed E-state index contributed by atoms with van der Waals surface area (Å²) in [4.78, 5) is 26.6. The van der Waals surface area contributed by atoms with Gasteiger partial charge in [-0.3, -0.25) is 5.32 Å². The number of nitrogens with two attached hydrogens (primary N) is 1. The van der Waals surface area contributed by atoms with Crippen molar-refractivity contribution in [3.8, 4) is 0 Å². The Morgan fingerprint density at radius 2 is 1.32 bits per heavy atom. The van der Waals surface area contributed by atoms with Crippen molar-refractivity contribution >= 4 is 34.6 Å². The molecule has 2 aromatic rings. The molecule has 2 aromatic heterocycles. The fourth-order valence-electron chi connectivity index (χ4n) is 4.08. The van der Waals surface area contributed by atoms with Gasteiger partial charge in [-0.25, -0.2) is 4.98 Å². The first-order valence-corrected chi connectivity index (χ1v) is 10.8. The van der Waals surface area contributed by atoms with Gasteiger partial charge in [-0.05, 0) is 45.4 Å². The zero-order chi connectivity index (χ0) is 19.5. The Bertz CT molecular complexity index is 811. The van der Waals surface area contributed by atoms with Crippen molar-refractivity contribution in [2.45, 2.75) is 45.4 Å². The minimum atomic E-state index is 0.769. The number of anilines is 3. The summed E-state index contributed by atoms with van der Waals surface area (Å²) in [6.45, 7) is 7.15. The monoisotopic (exact) mass is 385 g/mol. The zero-order valence-corrected chi connectivity index (χ0v) is 17.5. The van der Waals surface area contributed by atoms with Gasteiger partial charge in [0.15, 0.2) is 11.6 Å². The van der Waals surface area contributed by atoms with Crippen LogP contribution in [0.4, 0.5) is 23.5 Å². The Morgan fingerprint density at radius 3 is 1.86 bits per heavy atom. The quantitative estimate of drug-likeness (QED) is 0.839. The lowest BCUT2D eigenvalue weighted by molar-refractivity contribution is -0.547. The van der Waals surface area contributed by atoms with E-state index < -0.39 is 0 Å². The third-order valence-corrected chi connectivity index (χ3v) is 5.90. The number of fused-ring (bicyclic) bond motifs is 1. The van der Waals surface area contributed by atoms with Gasteiger partial charge in [0.05, 0.1) is 7.05 Å². The van der Waals surface area contributed by atoms with E-state index in [-0.39, 0.29) is 0 Å². The van der Waals surface area contributed by atoms with E-state index in [1.807, 2.05) is 12.4 Å². The van der Waals surface area contributed by atoms with Crippen molar-refractivity contribution in [3.63, 3.8) is 0 Å². The largest absolute Gasteiger partial charge is 0.355 e. The molecule has 0 spiro atoms. The Labute approximate surface area is 167 Å². The first kappa shape index (κ1) is 19.1. The Morgan fingerprint density at radius 1 is 0.786 bits per heavy atom. The maximum atomic E-state index is 4.98. The van der Waals surface area contributed by atoms with Gasteiger partial charge >= 0.3 is 5.95 Å². The van der Waals surface area contributed by atoms with Crippen molar-refractivity contribution in [2.75, 3.05) is 61.5 Å². The highest BCUT2D eigenvalue weighted by molar-refractivity contribution is 5.94. The molecule has 4 heterocycles. The summed E-state index contributed by atoms with van der Waals surface area (Å²) in [6.07, 6.45) is 7.43. The van der Waals surface area contributed by atoms with Gasteiger partial charge < -0.3 is 14.7 Å². The molecule has 0 atom stereocenters. The minimum Gasteiger partial charge on any atom is -0.355 e. The first-order valence-electron chi connectivity index (χ1n) is 10.8. The molecule has 8 nitrogen and oxygen atoms in total. The summed E-state index contributed by atoms with van der Waals surface area (Å²) in [5, 5.41) is 1.99. The standard InChI is InChI=1S/C20H32N8/c1-4-26(3)20-23-16-15(18(25-20)28-13-9-6-10-14-28)22-19(21-2)24-17(16)27-11-7-5-8-12-27/h4-14H2,1-3H3,(H,21,22,24)/p+1. The summed E-state index contributed by atoms with van der Waals surface area (Å²) in [5.41, 5.74) is 1.80. The molecule has 0 unspecified atom stereocenters. The lowest BCUT2D eigenvalue weighted by atomic mass is 10.1. The first-order chi connectivity index (χ1) is 13.7. The third-order valence-electron chi connectivity index (χ3n) is 5.90. The van der Waals surface area contributed by atoms with Gasteiger partial charge in [0.1, 0.15) is 11.0 Å². The van der Waals surface area contributed by atoms with Gasteiger partial charge in [0, 0.05) is 39.8 Å². The maximum absolute atomic E-state index is 4.98. The number of hydrogen-bond donors (Lipinski definition) is 1. The predicted octanol–water partition coefficient (Wildman–Crippen LogP) is 1.68. The van der Waals surface area contributed by atoms with Gasteiger partial charge in [-0.1, -0.05) is 0 Å². The fraction of sp³-hybridized carbons (Fsp3) is 0.700. The molecule has 152 valence electrons. The molecular formula is C20H33N8+. The summed E-state index contributed by atoms with van der Waals surface area (Å²) in [7, 11) is 4.05. The minimum absolute atomic E-state index is 0.769. The van der Waals surface area contributed by atoms with E-state index in [4.69, 9.17) is 19.9 Å². The van der Waals surface area contributed by atoms with Crippen molar-refractivity contribution in [1.82, 2.24) is 19.9 Å². The maximum Gasteiger partial charge on any atom is 0.328 e. The van der Waals surface area contributed by atoms with E-state index in [0.29, 0.717) is 0 Å². The number of rotatable bonds is 5. The summed E-state index contributed by atoms with van der Waals surface area (Å²) >= 11 is 0. The molecule has 0 aliphatic carbocycles. The van der Waals surface area contributed by atoms with Crippen LogP contribution in [0.15, 0.2) is 0 Å². The van der Waals surface area contributed by atoms with E-state index in [1.165, 1.54) is 38.5 Å². The second kappa shape index (κ2) is 8.43. The zero-order valence-electron chi connectivity index (χ0n) is 17.5. The van der Waals surface area contributed by atoms with Gasteiger partial charge in [0.25, 0.3) is 0 Å². The molecule has 0 amide bonds. The Hall–Kier alpha value is -2.22. The highest BCUT2D eigenvalue weighted by Gasteiger charge is 2.25. The van der Waals surface area contributed by atoms with Crippen LogP contribution in [-0.4, -0.2) is 66.8 Å².